The predicted molar refractivity (Wildman–Crippen MR) is 64.0 cm³/mol. The summed E-state index contributed by atoms with van der Waals surface area (Å²) in [6, 6.07) is 3.67. The minimum atomic E-state index is 0.0852. The Kier molecular flexibility index (Phi) is 3.19. The second-order valence-corrected chi connectivity index (χ2v) is 4.22. The van der Waals surface area contributed by atoms with Gasteiger partial charge in [-0.1, -0.05) is 0 Å². The van der Waals surface area contributed by atoms with Crippen LogP contribution in [0.1, 0.15) is 17.3 Å². The molecule has 0 amide bonds. The zero-order chi connectivity index (χ0) is 11.5. The van der Waals surface area contributed by atoms with Crippen LogP contribution in [0.25, 0.3) is 0 Å². The van der Waals surface area contributed by atoms with Gasteiger partial charge in [-0.3, -0.25) is 4.79 Å². The lowest BCUT2D eigenvalue weighted by Gasteiger charge is -2.33. The molecule has 1 aromatic heterocycles. The Morgan fingerprint density at radius 2 is 2.00 bits per heavy atom. The fourth-order valence-electron chi connectivity index (χ4n) is 1.94. The van der Waals surface area contributed by atoms with Gasteiger partial charge in [0.05, 0.1) is 5.56 Å². The second-order valence-electron chi connectivity index (χ2n) is 4.22. The minimum absolute atomic E-state index is 0.0852. The highest BCUT2D eigenvalue weighted by molar-refractivity contribution is 5.98. The Morgan fingerprint density at radius 1 is 1.31 bits per heavy atom. The Morgan fingerprint density at radius 3 is 2.62 bits per heavy atom. The van der Waals surface area contributed by atoms with Gasteiger partial charge in [0.1, 0.15) is 5.82 Å². The van der Waals surface area contributed by atoms with Crippen LogP contribution in [0.3, 0.4) is 0 Å². The van der Waals surface area contributed by atoms with E-state index < -0.39 is 0 Å². The van der Waals surface area contributed by atoms with Gasteiger partial charge in [-0.2, -0.15) is 0 Å². The fourth-order valence-corrected chi connectivity index (χ4v) is 1.94. The Balaban J connectivity index is 2.23. The number of likely N-dealkylation sites (N-methyl/N-ethyl adjacent to an activating group) is 1. The molecule has 0 N–H and O–H groups in total. The molecule has 1 aliphatic rings. The lowest BCUT2D eigenvalue weighted by molar-refractivity contribution is 0.101. The molecule has 4 heteroatoms. The minimum Gasteiger partial charge on any atom is -0.353 e. The van der Waals surface area contributed by atoms with E-state index in [0.717, 1.165) is 37.6 Å². The van der Waals surface area contributed by atoms with Crippen LogP contribution in [0.15, 0.2) is 18.3 Å². The van der Waals surface area contributed by atoms with Crippen molar-refractivity contribution in [2.75, 3.05) is 38.1 Å². The summed E-state index contributed by atoms with van der Waals surface area (Å²) in [7, 11) is 2.11. The number of Topliss-reactive ketones (excluding diaryl/α,β-unsaturated/α-hetero) is 1. The summed E-state index contributed by atoms with van der Waals surface area (Å²) in [5.41, 5.74) is 0.729. The van der Waals surface area contributed by atoms with Gasteiger partial charge >= 0.3 is 0 Å². The number of hydrogen-bond donors (Lipinski definition) is 0. The van der Waals surface area contributed by atoms with Crippen LogP contribution in [0.2, 0.25) is 0 Å². The van der Waals surface area contributed by atoms with Crippen molar-refractivity contribution in [1.82, 2.24) is 9.88 Å². The van der Waals surface area contributed by atoms with Gasteiger partial charge in [-0.05, 0) is 26.1 Å². The summed E-state index contributed by atoms with van der Waals surface area (Å²) in [5.74, 6) is 0.921. The number of carbonyl (C=O) groups excluding carboxylic acids is 1. The molecular formula is C12H17N3O. The van der Waals surface area contributed by atoms with E-state index in [9.17, 15) is 4.79 Å². The molecule has 86 valence electrons. The number of nitrogens with zero attached hydrogens (tertiary/aromatic N) is 3. The fraction of sp³-hybridized carbons (Fsp3) is 0.500. The molecule has 1 saturated heterocycles. The highest BCUT2D eigenvalue weighted by Gasteiger charge is 2.19. The van der Waals surface area contributed by atoms with Gasteiger partial charge in [0, 0.05) is 32.4 Å². The predicted octanol–water partition coefficient (Wildman–Crippen LogP) is 1.04. The monoisotopic (exact) mass is 219 g/mol. The number of rotatable bonds is 2. The topological polar surface area (TPSA) is 36.4 Å². The number of hydrogen-bond acceptors (Lipinski definition) is 4. The van der Waals surface area contributed by atoms with E-state index in [1.807, 2.05) is 12.1 Å². The number of carbonyl (C=O) groups is 1. The van der Waals surface area contributed by atoms with Gasteiger partial charge in [-0.25, -0.2) is 4.98 Å². The molecule has 0 aliphatic carbocycles. The van der Waals surface area contributed by atoms with Crippen molar-refractivity contribution in [2.45, 2.75) is 6.92 Å². The maximum absolute atomic E-state index is 11.5. The number of anilines is 1. The molecule has 1 aromatic rings. The molecule has 4 nitrogen and oxygen atoms in total. The van der Waals surface area contributed by atoms with Crippen LogP contribution < -0.4 is 4.90 Å². The van der Waals surface area contributed by atoms with Crippen LogP contribution in [0.4, 0.5) is 5.82 Å². The van der Waals surface area contributed by atoms with Crippen LogP contribution in [0, 0.1) is 0 Å². The molecule has 2 heterocycles. The van der Waals surface area contributed by atoms with E-state index >= 15 is 0 Å². The van der Waals surface area contributed by atoms with Crippen molar-refractivity contribution in [3.05, 3.63) is 23.9 Å². The third-order valence-electron chi connectivity index (χ3n) is 2.97. The molecule has 0 radical (unpaired) electrons. The van der Waals surface area contributed by atoms with Crippen molar-refractivity contribution in [2.24, 2.45) is 0 Å². The van der Waals surface area contributed by atoms with E-state index in [2.05, 4.69) is 21.8 Å². The van der Waals surface area contributed by atoms with Crippen LogP contribution in [-0.4, -0.2) is 48.9 Å². The number of pyridine rings is 1. The van der Waals surface area contributed by atoms with E-state index in [-0.39, 0.29) is 5.78 Å². The van der Waals surface area contributed by atoms with Gasteiger partial charge in [0.15, 0.2) is 5.78 Å². The van der Waals surface area contributed by atoms with Crippen LogP contribution in [-0.2, 0) is 0 Å². The Hall–Kier alpha value is -1.42. The summed E-state index contributed by atoms with van der Waals surface area (Å²) < 4.78 is 0. The average Bonchev–Trinajstić information content (AvgIpc) is 2.30. The molecule has 0 atom stereocenters. The third-order valence-corrected chi connectivity index (χ3v) is 2.97. The second kappa shape index (κ2) is 4.61. The van der Waals surface area contributed by atoms with E-state index in [1.54, 1.807) is 13.1 Å². The molecule has 0 unspecified atom stereocenters. The first-order valence-electron chi connectivity index (χ1n) is 5.58. The molecule has 1 aliphatic heterocycles. The molecule has 16 heavy (non-hydrogen) atoms. The Bertz CT molecular complexity index is 384. The first kappa shape index (κ1) is 11.1. The first-order valence-corrected chi connectivity index (χ1v) is 5.58. The molecule has 1 fully saturated rings. The first-order chi connectivity index (χ1) is 7.68. The average molecular weight is 219 g/mol. The van der Waals surface area contributed by atoms with E-state index in [4.69, 9.17) is 0 Å². The summed E-state index contributed by atoms with van der Waals surface area (Å²) in [5, 5.41) is 0. The van der Waals surface area contributed by atoms with E-state index in [1.165, 1.54) is 0 Å². The normalized spacial score (nSPS) is 17.5. The molecule has 0 saturated carbocycles. The summed E-state index contributed by atoms with van der Waals surface area (Å²) in [6.07, 6.45) is 1.75. The van der Waals surface area contributed by atoms with Gasteiger partial charge in [0.2, 0.25) is 0 Å². The summed E-state index contributed by atoms with van der Waals surface area (Å²) >= 11 is 0. The number of piperazine rings is 1. The highest BCUT2D eigenvalue weighted by atomic mass is 16.1. The van der Waals surface area contributed by atoms with E-state index in [0.29, 0.717) is 0 Å². The lowest BCUT2D eigenvalue weighted by Crippen LogP contribution is -2.45. The van der Waals surface area contributed by atoms with Crippen LogP contribution >= 0.6 is 0 Å². The van der Waals surface area contributed by atoms with Crippen molar-refractivity contribution in [3.63, 3.8) is 0 Å². The van der Waals surface area contributed by atoms with Crippen LogP contribution in [0.5, 0.6) is 0 Å². The van der Waals surface area contributed by atoms with Gasteiger partial charge in [-0.15, -0.1) is 0 Å². The van der Waals surface area contributed by atoms with Crippen molar-refractivity contribution >= 4 is 11.6 Å². The number of aromatic nitrogens is 1. The maximum Gasteiger partial charge on any atom is 0.163 e. The largest absolute Gasteiger partial charge is 0.353 e. The SMILES string of the molecule is CC(=O)c1cccnc1N1CCN(C)CC1. The quantitative estimate of drug-likeness (QED) is 0.696. The molecule has 0 spiro atoms. The van der Waals surface area contributed by atoms with Gasteiger partial charge in [0.25, 0.3) is 0 Å². The molecular weight excluding hydrogens is 202 g/mol. The number of ketones is 1. The van der Waals surface area contributed by atoms with Crippen molar-refractivity contribution < 1.29 is 4.79 Å². The standard InChI is InChI=1S/C12H17N3O/c1-10(16)11-4-3-5-13-12(11)15-8-6-14(2)7-9-15/h3-5H,6-9H2,1-2H3. The maximum atomic E-state index is 11.5. The molecule has 0 bridgehead atoms. The van der Waals surface area contributed by atoms with Gasteiger partial charge < -0.3 is 9.80 Å². The summed E-state index contributed by atoms with van der Waals surface area (Å²) in [4.78, 5) is 20.3. The smallest absolute Gasteiger partial charge is 0.163 e. The highest BCUT2D eigenvalue weighted by Crippen LogP contribution is 2.18. The van der Waals surface area contributed by atoms with Crippen molar-refractivity contribution in [1.29, 1.82) is 0 Å². The molecule has 0 aromatic carbocycles. The zero-order valence-corrected chi connectivity index (χ0v) is 9.81. The van der Waals surface area contributed by atoms with Crippen molar-refractivity contribution in [3.8, 4) is 0 Å². The Labute approximate surface area is 95.9 Å². The zero-order valence-electron chi connectivity index (χ0n) is 9.81. The lowest BCUT2D eigenvalue weighted by atomic mass is 10.1. The molecule has 2 rings (SSSR count). The third kappa shape index (κ3) is 2.22. The summed E-state index contributed by atoms with van der Waals surface area (Å²) in [6.45, 7) is 5.51.